The Hall–Kier alpha value is -0.390. The van der Waals surface area contributed by atoms with Crippen LogP contribution in [0.2, 0.25) is 0 Å². The van der Waals surface area contributed by atoms with Crippen molar-refractivity contribution in [2.75, 3.05) is 20.2 Å². The fourth-order valence-corrected chi connectivity index (χ4v) is 3.62. The number of thiophene rings is 1. The molecule has 5 heteroatoms. The third-order valence-corrected chi connectivity index (χ3v) is 5.12. The van der Waals surface area contributed by atoms with Crippen LogP contribution >= 0.6 is 27.3 Å². The zero-order chi connectivity index (χ0) is 12.4. The lowest BCUT2D eigenvalue weighted by molar-refractivity contribution is -0.00141. The van der Waals surface area contributed by atoms with E-state index < -0.39 is 0 Å². The Kier molecular flexibility index (Phi) is 4.22. The molecule has 1 aromatic rings. The summed E-state index contributed by atoms with van der Waals surface area (Å²) in [5.74, 6) is 0.636. The maximum absolute atomic E-state index is 12.3. The molecule has 3 nitrogen and oxygen atoms in total. The zero-order valence-electron chi connectivity index (χ0n) is 9.98. The van der Waals surface area contributed by atoms with Crippen molar-refractivity contribution < 1.29 is 9.53 Å². The van der Waals surface area contributed by atoms with Gasteiger partial charge in [0.2, 0.25) is 0 Å². The molecule has 0 radical (unpaired) electrons. The minimum Gasteiger partial charge on any atom is -0.379 e. The Morgan fingerprint density at radius 2 is 2.41 bits per heavy atom. The number of hydrogen-bond acceptors (Lipinski definition) is 3. The number of methoxy groups -OCH3 is 1. The summed E-state index contributed by atoms with van der Waals surface area (Å²) in [6, 6.07) is 1.91. The lowest BCUT2D eigenvalue weighted by atomic mass is 9.96. The summed E-state index contributed by atoms with van der Waals surface area (Å²) in [6.45, 7) is 3.70. The van der Waals surface area contributed by atoms with Gasteiger partial charge in [0.25, 0.3) is 5.91 Å². The van der Waals surface area contributed by atoms with Crippen molar-refractivity contribution in [3.63, 3.8) is 0 Å². The standard InChI is InChI=1S/C12H16BrNO2S/c1-8-3-5-14(7-10(8)16-2)12(15)11-9(13)4-6-17-11/h4,6,8,10H,3,5,7H2,1-2H3. The predicted molar refractivity (Wildman–Crippen MR) is 72.5 cm³/mol. The Morgan fingerprint density at radius 1 is 1.65 bits per heavy atom. The molecule has 2 unspecified atom stereocenters. The highest BCUT2D eigenvalue weighted by Gasteiger charge is 2.30. The molecule has 0 N–H and O–H groups in total. The Morgan fingerprint density at radius 3 is 3.00 bits per heavy atom. The van der Waals surface area contributed by atoms with Gasteiger partial charge >= 0.3 is 0 Å². The first-order chi connectivity index (χ1) is 8.13. The monoisotopic (exact) mass is 317 g/mol. The van der Waals surface area contributed by atoms with E-state index in [1.54, 1.807) is 7.11 Å². The minimum absolute atomic E-state index is 0.112. The first-order valence-corrected chi connectivity index (χ1v) is 7.35. The number of hydrogen-bond donors (Lipinski definition) is 0. The van der Waals surface area contributed by atoms with Crippen molar-refractivity contribution in [2.45, 2.75) is 19.4 Å². The molecule has 0 aliphatic carbocycles. The molecule has 2 heterocycles. The summed E-state index contributed by atoms with van der Waals surface area (Å²) in [4.78, 5) is 15.0. The fraction of sp³-hybridized carbons (Fsp3) is 0.583. The van der Waals surface area contributed by atoms with Gasteiger partial charge in [-0.15, -0.1) is 11.3 Å². The third kappa shape index (κ3) is 2.72. The van der Waals surface area contributed by atoms with Gasteiger partial charge < -0.3 is 9.64 Å². The van der Waals surface area contributed by atoms with Gasteiger partial charge in [0.05, 0.1) is 6.10 Å². The van der Waals surface area contributed by atoms with Gasteiger partial charge in [-0.1, -0.05) is 6.92 Å². The van der Waals surface area contributed by atoms with E-state index in [-0.39, 0.29) is 12.0 Å². The van der Waals surface area contributed by atoms with E-state index in [1.807, 2.05) is 16.3 Å². The quantitative estimate of drug-likeness (QED) is 0.839. The molecule has 1 amide bonds. The summed E-state index contributed by atoms with van der Waals surface area (Å²) in [7, 11) is 1.72. The van der Waals surface area contributed by atoms with Gasteiger partial charge in [-0.25, -0.2) is 0 Å². The van der Waals surface area contributed by atoms with Crippen molar-refractivity contribution in [3.8, 4) is 0 Å². The molecule has 1 fully saturated rings. The Labute approximate surface area is 114 Å². The number of likely N-dealkylation sites (tertiary alicyclic amines) is 1. The first-order valence-electron chi connectivity index (χ1n) is 5.68. The molecule has 0 bridgehead atoms. The summed E-state index contributed by atoms with van der Waals surface area (Å²) >= 11 is 4.89. The minimum atomic E-state index is 0.112. The normalized spacial score (nSPS) is 25.0. The zero-order valence-corrected chi connectivity index (χ0v) is 12.4. The van der Waals surface area contributed by atoms with Crippen LogP contribution in [0.4, 0.5) is 0 Å². The molecule has 1 saturated heterocycles. The molecule has 17 heavy (non-hydrogen) atoms. The summed E-state index contributed by atoms with van der Waals surface area (Å²) in [5.41, 5.74) is 0. The van der Waals surface area contributed by atoms with E-state index in [1.165, 1.54) is 11.3 Å². The van der Waals surface area contributed by atoms with Crippen LogP contribution in [0.1, 0.15) is 23.0 Å². The summed E-state index contributed by atoms with van der Waals surface area (Å²) in [5, 5.41) is 1.93. The topological polar surface area (TPSA) is 29.5 Å². The van der Waals surface area contributed by atoms with Crippen molar-refractivity contribution in [3.05, 3.63) is 20.8 Å². The molecule has 1 aliphatic heterocycles. The van der Waals surface area contributed by atoms with E-state index in [0.29, 0.717) is 12.5 Å². The molecular weight excluding hydrogens is 302 g/mol. The highest BCUT2D eigenvalue weighted by atomic mass is 79.9. The van der Waals surface area contributed by atoms with Crippen LogP contribution in [0.5, 0.6) is 0 Å². The predicted octanol–water partition coefficient (Wildman–Crippen LogP) is 3.01. The molecule has 2 atom stereocenters. The van der Waals surface area contributed by atoms with Gasteiger partial charge in [0.15, 0.2) is 0 Å². The van der Waals surface area contributed by atoms with Crippen LogP contribution in [0.15, 0.2) is 15.9 Å². The molecule has 0 spiro atoms. The number of rotatable bonds is 2. The van der Waals surface area contributed by atoms with Crippen LogP contribution in [0.3, 0.4) is 0 Å². The molecule has 1 aliphatic rings. The second-order valence-corrected chi connectivity index (χ2v) is 6.16. The van der Waals surface area contributed by atoms with Crippen LogP contribution in [-0.4, -0.2) is 37.1 Å². The highest BCUT2D eigenvalue weighted by molar-refractivity contribution is 9.10. The molecular formula is C12H16BrNO2S. The number of halogens is 1. The summed E-state index contributed by atoms with van der Waals surface area (Å²) < 4.78 is 6.32. The average molecular weight is 318 g/mol. The molecule has 1 aromatic heterocycles. The van der Waals surface area contributed by atoms with Crippen LogP contribution < -0.4 is 0 Å². The van der Waals surface area contributed by atoms with Crippen molar-refractivity contribution in [1.82, 2.24) is 4.90 Å². The van der Waals surface area contributed by atoms with Crippen molar-refractivity contribution >= 4 is 33.2 Å². The number of amides is 1. The number of piperidine rings is 1. The number of carbonyl (C=O) groups excluding carboxylic acids is 1. The second kappa shape index (κ2) is 5.50. The fourth-order valence-electron chi connectivity index (χ4n) is 2.12. The van der Waals surface area contributed by atoms with Crippen molar-refractivity contribution in [2.24, 2.45) is 5.92 Å². The molecule has 0 saturated carbocycles. The number of nitrogens with zero attached hydrogens (tertiary/aromatic N) is 1. The Bertz CT molecular complexity index is 407. The van der Waals surface area contributed by atoms with Gasteiger partial charge in [-0.2, -0.15) is 0 Å². The lowest BCUT2D eigenvalue weighted by Gasteiger charge is -2.36. The summed E-state index contributed by atoms with van der Waals surface area (Å²) in [6.07, 6.45) is 1.17. The maximum atomic E-state index is 12.3. The molecule has 0 aromatic carbocycles. The van der Waals surface area contributed by atoms with E-state index in [2.05, 4.69) is 22.9 Å². The molecule has 94 valence electrons. The number of carbonyl (C=O) groups is 1. The van der Waals surface area contributed by atoms with E-state index >= 15 is 0 Å². The first kappa shape index (κ1) is 13.1. The van der Waals surface area contributed by atoms with Gasteiger partial charge in [0.1, 0.15) is 4.88 Å². The van der Waals surface area contributed by atoms with Gasteiger partial charge in [-0.05, 0) is 39.7 Å². The van der Waals surface area contributed by atoms with Gasteiger partial charge in [0, 0.05) is 24.7 Å². The lowest BCUT2D eigenvalue weighted by Crippen LogP contribution is -2.46. The molecule has 2 rings (SSSR count). The SMILES string of the molecule is COC1CN(C(=O)c2sccc2Br)CCC1C. The van der Waals surface area contributed by atoms with E-state index in [0.717, 1.165) is 22.3 Å². The smallest absolute Gasteiger partial charge is 0.265 e. The maximum Gasteiger partial charge on any atom is 0.265 e. The van der Waals surface area contributed by atoms with Gasteiger partial charge in [-0.3, -0.25) is 4.79 Å². The van der Waals surface area contributed by atoms with Crippen LogP contribution in [0, 0.1) is 5.92 Å². The second-order valence-electron chi connectivity index (χ2n) is 4.39. The highest BCUT2D eigenvalue weighted by Crippen LogP contribution is 2.27. The third-order valence-electron chi connectivity index (χ3n) is 3.29. The Balaban J connectivity index is 2.09. The van der Waals surface area contributed by atoms with Crippen LogP contribution in [-0.2, 0) is 4.74 Å². The average Bonchev–Trinajstić information content (AvgIpc) is 2.75. The van der Waals surface area contributed by atoms with Crippen molar-refractivity contribution in [1.29, 1.82) is 0 Å². The number of ether oxygens (including phenoxy) is 1. The largest absolute Gasteiger partial charge is 0.379 e. The van der Waals surface area contributed by atoms with E-state index in [9.17, 15) is 4.79 Å². The van der Waals surface area contributed by atoms with Crippen LogP contribution in [0.25, 0.3) is 0 Å². The van der Waals surface area contributed by atoms with E-state index in [4.69, 9.17) is 4.74 Å².